The van der Waals surface area contributed by atoms with E-state index in [9.17, 15) is 10.1 Å². The fraction of sp³-hybridized carbons (Fsp3) is 0.273. The Hall–Kier alpha value is -1.54. The fourth-order valence-corrected chi connectivity index (χ4v) is 1.70. The SMILES string of the molecule is CC#CCNc1cc(C)c([N+](=O)[O-])cc1Br. The molecule has 0 spiro atoms. The summed E-state index contributed by atoms with van der Waals surface area (Å²) >= 11 is 3.29. The van der Waals surface area contributed by atoms with Crippen LogP contribution >= 0.6 is 15.9 Å². The largest absolute Gasteiger partial charge is 0.373 e. The number of nitro benzene ring substituents is 1. The van der Waals surface area contributed by atoms with Crippen LogP contribution in [0.2, 0.25) is 0 Å². The summed E-state index contributed by atoms with van der Waals surface area (Å²) in [4.78, 5) is 10.3. The molecule has 1 aromatic carbocycles. The number of nitrogens with one attached hydrogen (secondary N) is 1. The Kier molecular flexibility index (Phi) is 4.32. The number of nitrogens with zero attached hydrogens (tertiary/aromatic N) is 1. The van der Waals surface area contributed by atoms with Crippen molar-refractivity contribution in [2.45, 2.75) is 13.8 Å². The number of hydrogen-bond acceptors (Lipinski definition) is 3. The zero-order valence-corrected chi connectivity index (χ0v) is 10.6. The number of nitro groups is 1. The Labute approximate surface area is 102 Å². The van der Waals surface area contributed by atoms with Crippen LogP contribution in [0.5, 0.6) is 0 Å². The minimum atomic E-state index is -0.393. The van der Waals surface area contributed by atoms with E-state index in [1.54, 1.807) is 19.9 Å². The molecule has 0 bridgehead atoms. The molecule has 0 atom stereocenters. The second-order valence-electron chi connectivity index (χ2n) is 3.16. The summed E-state index contributed by atoms with van der Waals surface area (Å²) in [5.41, 5.74) is 1.55. The van der Waals surface area contributed by atoms with Crippen molar-refractivity contribution in [2.24, 2.45) is 0 Å². The predicted octanol–water partition coefficient (Wildman–Crippen LogP) is 3.10. The summed E-state index contributed by atoms with van der Waals surface area (Å²) in [6, 6.07) is 3.23. The zero-order valence-electron chi connectivity index (χ0n) is 9.00. The highest BCUT2D eigenvalue weighted by atomic mass is 79.9. The van der Waals surface area contributed by atoms with Gasteiger partial charge in [0.15, 0.2) is 0 Å². The van der Waals surface area contributed by atoms with Gasteiger partial charge < -0.3 is 5.32 Å². The second-order valence-corrected chi connectivity index (χ2v) is 4.01. The van der Waals surface area contributed by atoms with Crippen LogP contribution in [-0.4, -0.2) is 11.5 Å². The Balaban J connectivity index is 2.99. The standard InChI is InChI=1S/C11H11BrN2O2/c1-3-4-5-13-10-6-8(2)11(14(15)16)7-9(10)12/h6-7,13H,5H2,1-2H3. The lowest BCUT2D eigenvalue weighted by Crippen LogP contribution is -2.01. The monoisotopic (exact) mass is 282 g/mol. The molecule has 16 heavy (non-hydrogen) atoms. The molecule has 1 aromatic rings. The van der Waals surface area contributed by atoms with Crippen LogP contribution in [0.1, 0.15) is 12.5 Å². The highest BCUT2D eigenvalue weighted by molar-refractivity contribution is 9.10. The van der Waals surface area contributed by atoms with Gasteiger partial charge in [0.25, 0.3) is 5.69 Å². The number of rotatable bonds is 3. The van der Waals surface area contributed by atoms with E-state index in [0.29, 0.717) is 16.6 Å². The molecular weight excluding hydrogens is 272 g/mol. The molecule has 0 fully saturated rings. The molecule has 0 unspecified atom stereocenters. The molecule has 0 aliphatic heterocycles. The predicted molar refractivity (Wildman–Crippen MR) is 67.5 cm³/mol. The molecular formula is C11H11BrN2O2. The molecule has 1 rings (SSSR count). The van der Waals surface area contributed by atoms with Gasteiger partial charge in [0.1, 0.15) is 0 Å². The van der Waals surface area contributed by atoms with Crippen molar-refractivity contribution < 1.29 is 4.92 Å². The van der Waals surface area contributed by atoms with E-state index >= 15 is 0 Å². The van der Waals surface area contributed by atoms with Crippen LogP contribution in [0.3, 0.4) is 0 Å². The maximum Gasteiger partial charge on any atom is 0.273 e. The van der Waals surface area contributed by atoms with E-state index in [1.165, 1.54) is 6.07 Å². The van der Waals surface area contributed by atoms with Crippen LogP contribution in [-0.2, 0) is 0 Å². The molecule has 1 N–H and O–H groups in total. The first-order valence-electron chi connectivity index (χ1n) is 4.64. The smallest absolute Gasteiger partial charge is 0.273 e. The summed E-state index contributed by atoms with van der Waals surface area (Å²) in [5, 5.41) is 13.8. The van der Waals surface area contributed by atoms with Crippen molar-refractivity contribution in [1.82, 2.24) is 0 Å². The molecule has 0 radical (unpaired) electrons. The van der Waals surface area contributed by atoms with E-state index in [-0.39, 0.29) is 5.69 Å². The Morgan fingerprint density at radius 1 is 1.56 bits per heavy atom. The van der Waals surface area contributed by atoms with Crippen LogP contribution in [0.25, 0.3) is 0 Å². The molecule has 0 aliphatic rings. The van der Waals surface area contributed by atoms with Crippen LogP contribution < -0.4 is 5.32 Å². The Bertz CT molecular complexity index is 475. The molecule has 84 valence electrons. The fourth-order valence-electron chi connectivity index (χ4n) is 1.23. The molecule has 0 amide bonds. The van der Waals surface area contributed by atoms with Gasteiger partial charge in [-0.05, 0) is 35.8 Å². The van der Waals surface area contributed by atoms with Gasteiger partial charge in [-0.3, -0.25) is 10.1 Å². The molecule has 4 nitrogen and oxygen atoms in total. The van der Waals surface area contributed by atoms with Crippen molar-refractivity contribution in [2.75, 3.05) is 11.9 Å². The van der Waals surface area contributed by atoms with Crippen LogP contribution in [0, 0.1) is 28.9 Å². The summed E-state index contributed by atoms with van der Waals surface area (Å²) < 4.78 is 0.669. The van der Waals surface area contributed by atoms with Gasteiger partial charge in [-0.1, -0.05) is 5.92 Å². The third-order valence-electron chi connectivity index (χ3n) is 2.03. The molecule has 5 heteroatoms. The van der Waals surface area contributed by atoms with Crippen molar-refractivity contribution in [1.29, 1.82) is 0 Å². The number of aryl methyl sites for hydroxylation is 1. The summed E-state index contributed by atoms with van der Waals surface area (Å²) in [5.74, 6) is 5.63. The number of hydrogen-bond donors (Lipinski definition) is 1. The van der Waals surface area contributed by atoms with Crippen LogP contribution in [0.4, 0.5) is 11.4 Å². The first kappa shape index (κ1) is 12.5. The van der Waals surface area contributed by atoms with Gasteiger partial charge in [0.2, 0.25) is 0 Å². The minimum absolute atomic E-state index is 0.110. The van der Waals surface area contributed by atoms with Crippen LogP contribution in [0.15, 0.2) is 16.6 Å². The maximum absolute atomic E-state index is 10.7. The number of halogens is 1. The molecule has 0 saturated heterocycles. The zero-order chi connectivity index (χ0) is 12.1. The topological polar surface area (TPSA) is 55.2 Å². The normalized spacial score (nSPS) is 9.19. The summed E-state index contributed by atoms with van der Waals surface area (Å²) in [6.45, 7) is 3.99. The lowest BCUT2D eigenvalue weighted by molar-refractivity contribution is -0.385. The third-order valence-corrected chi connectivity index (χ3v) is 2.68. The number of benzene rings is 1. The summed E-state index contributed by atoms with van der Waals surface area (Å²) in [6.07, 6.45) is 0. The van der Waals surface area contributed by atoms with Gasteiger partial charge in [-0.25, -0.2) is 0 Å². The van der Waals surface area contributed by atoms with Crippen molar-refractivity contribution in [3.05, 3.63) is 32.3 Å². The van der Waals surface area contributed by atoms with Gasteiger partial charge in [-0.15, -0.1) is 5.92 Å². The maximum atomic E-state index is 10.7. The van der Waals surface area contributed by atoms with E-state index < -0.39 is 4.92 Å². The average molecular weight is 283 g/mol. The molecule has 0 aliphatic carbocycles. The molecule has 0 aromatic heterocycles. The average Bonchev–Trinajstić information content (AvgIpc) is 2.22. The minimum Gasteiger partial charge on any atom is -0.373 e. The van der Waals surface area contributed by atoms with Gasteiger partial charge >= 0.3 is 0 Å². The van der Waals surface area contributed by atoms with Crippen molar-refractivity contribution in [3.8, 4) is 11.8 Å². The van der Waals surface area contributed by atoms with Gasteiger partial charge in [-0.2, -0.15) is 0 Å². The first-order valence-corrected chi connectivity index (χ1v) is 5.43. The lowest BCUT2D eigenvalue weighted by Gasteiger charge is -2.07. The Morgan fingerprint density at radius 2 is 2.25 bits per heavy atom. The first-order chi connectivity index (χ1) is 7.56. The van der Waals surface area contributed by atoms with Gasteiger partial charge in [0, 0.05) is 21.8 Å². The third kappa shape index (κ3) is 2.97. The quantitative estimate of drug-likeness (QED) is 0.527. The summed E-state index contributed by atoms with van der Waals surface area (Å²) in [7, 11) is 0. The molecule has 0 heterocycles. The highest BCUT2D eigenvalue weighted by Crippen LogP contribution is 2.30. The molecule has 0 saturated carbocycles. The lowest BCUT2D eigenvalue weighted by atomic mass is 10.2. The van der Waals surface area contributed by atoms with E-state index in [4.69, 9.17) is 0 Å². The highest BCUT2D eigenvalue weighted by Gasteiger charge is 2.13. The van der Waals surface area contributed by atoms with E-state index in [2.05, 4.69) is 33.1 Å². The Morgan fingerprint density at radius 3 is 2.81 bits per heavy atom. The second kappa shape index (κ2) is 5.52. The van der Waals surface area contributed by atoms with Crippen molar-refractivity contribution >= 4 is 27.3 Å². The van der Waals surface area contributed by atoms with Gasteiger partial charge in [0.05, 0.1) is 11.5 Å². The van der Waals surface area contributed by atoms with E-state index in [1.807, 2.05) is 0 Å². The van der Waals surface area contributed by atoms with Crippen molar-refractivity contribution in [3.63, 3.8) is 0 Å². The number of anilines is 1. The van der Waals surface area contributed by atoms with E-state index in [0.717, 1.165) is 5.69 Å².